The van der Waals surface area contributed by atoms with Gasteiger partial charge in [0.05, 0.1) is 12.6 Å². The first-order valence-electron chi connectivity index (χ1n) is 7.04. The molecule has 21 heavy (non-hydrogen) atoms. The highest BCUT2D eigenvalue weighted by atomic mass is 32.1. The lowest BCUT2D eigenvalue weighted by molar-refractivity contribution is -0.125. The summed E-state index contributed by atoms with van der Waals surface area (Å²) >= 11 is 1.55. The molecule has 0 aliphatic carbocycles. The third-order valence-corrected chi connectivity index (χ3v) is 4.15. The monoisotopic (exact) mass is 304 g/mol. The normalized spacial score (nSPS) is 13.4. The largest absolute Gasteiger partial charge is 0.494 e. The first kappa shape index (κ1) is 15.5. The van der Waals surface area contributed by atoms with E-state index in [9.17, 15) is 4.79 Å². The van der Waals surface area contributed by atoms with Crippen molar-refractivity contribution < 1.29 is 9.53 Å². The van der Waals surface area contributed by atoms with Gasteiger partial charge in [-0.15, -0.1) is 11.3 Å². The zero-order chi connectivity index (χ0) is 15.1. The van der Waals surface area contributed by atoms with E-state index in [4.69, 9.17) is 4.74 Å². The zero-order valence-electron chi connectivity index (χ0n) is 12.3. The zero-order valence-corrected chi connectivity index (χ0v) is 13.1. The second-order valence-electron chi connectivity index (χ2n) is 4.95. The molecule has 0 radical (unpaired) electrons. The Morgan fingerprint density at radius 1 is 1.33 bits per heavy atom. The van der Waals surface area contributed by atoms with Crippen molar-refractivity contribution in [2.45, 2.75) is 26.3 Å². The quantitative estimate of drug-likeness (QED) is 0.852. The first-order chi connectivity index (χ1) is 10.2. The SMILES string of the molecule is C[C@@H](CCOc1ccccc1)C(=O)N[C@H](C)c1nccs1. The number of carbonyl (C=O) groups is 1. The highest BCUT2D eigenvalue weighted by Gasteiger charge is 2.17. The predicted octanol–water partition coefficient (Wildman–Crippen LogP) is 3.43. The lowest BCUT2D eigenvalue weighted by atomic mass is 10.1. The van der Waals surface area contributed by atoms with Crippen molar-refractivity contribution in [2.75, 3.05) is 6.61 Å². The van der Waals surface area contributed by atoms with Crippen LogP contribution < -0.4 is 10.1 Å². The Hall–Kier alpha value is -1.88. The molecule has 112 valence electrons. The van der Waals surface area contributed by atoms with Gasteiger partial charge in [-0.05, 0) is 25.5 Å². The Bertz CT molecular complexity index is 543. The van der Waals surface area contributed by atoms with Gasteiger partial charge in [-0.1, -0.05) is 25.1 Å². The van der Waals surface area contributed by atoms with E-state index >= 15 is 0 Å². The minimum Gasteiger partial charge on any atom is -0.494 e. The molecule has 1 amide bonds. The molecule has 0 aliphatic rings. The number of nitrogens with zero attached hydrogens (tertiary/aromatic N) is 1. The predicted molar refractivity (Wildman–Crippen MR) is 84.4 cm³/mol. The summed E-state index contributed by atoms with van der Waals surface area (Å²) in [5, 5.41) is 5.82. The molecule has 0 bridgehead atoms. The van der Waals surface area contributed by atoms with Gasteiger partial charge in [-0.3, -0.25) is 4.79 Å². The molecule has 1 heterocycles. The van der Waals surface area contributed by atoms with Crippen molar-refractivity contribution in [3.63, 3.8) is 0 Å². The summed E-state index contributed by atoms with van der Waals surface area (Å²) in [6.07, 6.45) is 2.44. The van der Waals surface area contributed by atoms with Gasteiger partial charge in [0.2, 0.25) is 5.91 Å². The third kappa shape index (κ3) is 4.86. The van der Waals surface area contributed by atoms with E-state index in [1.54, 1.807) is 17.5 Å². The van der Waals surface area contributed by atoms with Gasteiger partial charge in [0.1, 0.15) is 10.8 Å². The Kier molecular flexibility index (Phi) is 5.75. The molecule has 0 unspecified atom stereocenters. The molecule has 1 aromatic heterocycles. The molecule has 5 heteroatoms. The van der Waals surface area contributed by atoms with E-state index in [1.807, 2.05) is 49.6 Å². The molecule has 0 aliphatic heterocycles. The van der Waals surface area contributed by atoms with Crippen molar-refractivity contribution in [1.82, 2.24) is 10.3 Å². The molecule has 1 aromatic carbocycles. The van der Waals surface area contributed by atoms with Crippen LogP contribution in [0.1, 0.15) is 31.3 Å². The van der Waals surface area contributed by atoms with Gasteiger partial charge in [0.25, 0.3) is 0 Å². The van der Waals surface area contributed by atoms with E-state index in [1.165, 1.54) is 0 Å². The minimum absolute atomic E-state index is 0.0364. The number of carbonyl (C=O) groups excluding carboxylic acids is 1. The van der Waals surface area contributed by atoms with E-state index in [0.717, 1.165) is 10.8 Å². The maximum absolute atomic E-state index is 12.1. The lowest BCUT2D eigenvalue weighted by Gasteiger charge is -2.16. The Morgan fingerprint density at radius 3 is 2.76 bits per heavy atom. The number of para-hydroxylation sites is 1. The molecule has 0 spiro atoms. The maximum atomic E-state index is 12.1. The van der Waals surface area contributed by atoms with Gasteiger partial charge < -0.3 is 10.1 Å². The number of hydrogen-bond acceptors (Lipinski definition) is 4. The number of rotatable bonds is 7. The molecular formula is C16H20N2O2S. The van der Waals surface area contributed by atoms with E-state index < -0.39 is 0 Å². The van der Waals surface area contributed by atoms with Gasteiger partial charge in [-0.2, -0.15) is 0 Å². The van der Waals surface area contributed by atoms with Crippen LogP contribution in [0.5, 0.6) is 5.75 Å². The van der Waals surface area contributed by atoms with Crippen LogP contribution in [0.4, 0.5) is 0 Å². The van der Waals surface area contributed by atoms with Crippen molar-refractivity contribution in [3.8, 4) is 5.75 Å². The first-order valence-corrected chi connectivity index (χ1v) is 7.92. The number of thiazole rings is 1. The van der Waals surface area contributed by atoms with Crippen molar-refractivity contribution >= 4 is 17.2 Å². The van der Waals surface area contributed by atoms with Gasteiger partial charge in [0.15, 0.2) is 0 Å². The fourth-order valence-corrected chi connectivity index (χ4v) is 2.51. The van der Waals surface area contributed by atoms with Crippen LogP contribution in [0, 0.1) is 5.92 Å². The number of aromatic nitrogens is 1. The van der Waals surface area contributed by atoms with Crippen molar-refractivity contribution in [1.29, 1.82) is 0 Å². The Labute approximate surface area is 129 Å². The summed E-state index contributed by atoms with van der Waals surface area (Å²) in [5.74, 6) is 0.784. The van der Waals surface area contributed by atoms with Crippen LogP contribution in [-0.2, 0) is 4.79 Å². The van der Waals surface area contributed by atoms with E-state index in [2.05, 4.69) is 10.3 Å². The molecule has 0 saturated carbocycles. The van der Waals surface area contributed by atoms with Crippen LogP contribution >= 0.6 is 11.3 Å². The Morgan fingerprint density at radius 2 is 2.10 bits per heavy atom. The minimum atomic E-state index is -0.0869. The fourth-order valence-electron chi connectivity index (χ4n) is 1.87. The molecule has 1 N–H and O–H groups in total. The third-order valence-electron chi connectivity index (χ3n) is 3.19. The number of ether oxygens (including phenoxy) is 1. The fraction of sp³-hybridized carbons (Fsp3) is 0.375. The highest BCUT2D eigenvalue weighted by molar-refractivity contribution is 7.09. The van der Waals surface area contributed by atoms with Crippen LogP contribution in [0.25, 0.3) is 0 Å². The number of benzene rings is 1. The van der Waals surface area contributed by atoms with Gasteiger partial charge in [0, 0.05) is 17.5 Å². The Balaban J connectivity index is 1.72. The number of hydrogen-bond donors (Lipinski definition) is 1. The molecule has 2 rings (SSSR count). The standard InChI is InChI=1S/C16H20N2O2S/c1-12(8-10-20-14-6-4-3-5-7-14)15(19)18-13(2)16-17-9-11-21-16/h3-7,9,11-13H,8,10H2,1-2H3,(H,18,19)/t12-,13+/m0/s1. The summed E-state index contributed by atoms with van der Waals surface area (Å²) in [6.45, 7) is 4.40. The summed E-state index contributed by atoms with van der Waals surface area (Å²) in [5.41, 5.74) is 0. The molecular weight excluding hydrogens is 284 g/mol. The molecule has 4 nitrogen and oxygen atoms in total. The average molecular weight is 304 g/mol. The lowest BCUT2D eigenvalue weighted by Crippen LogP contribution is -2.32. The maximum Gasteiger partial charge on any atom is 0.223 e. The molecule has 2 atom stereocenters. The van der Waals surface area contributed by atoms with Gasteiger partial charge >= 0.3 is 0 Å². The smallest absolute Gasteiger partial charge is 0.223 e. The second kappa shape index (κ2) is 7.78. The molecule has 0 saturated heterocycles. The second-order valence-corrected chi connectivity index (χ2v) is 5.88. The van der Waals surface area contributed by atoms with Gasteiger partial charge in [-0.25, -0.2) is 4.98 Å². The van der Waals surface area contributed by atoms with Crippen LogP contribution in [0.15, 0.2) is 41.9 Å². The van der Waals surface area contributed by atoms with E-state index in [-0.39, 0.29) is 17.9 Å². The van der Waals surface area contributed by atoms with Crippen molar-refractivity contribution in [2.24, 2.45) is 5.92 Å². The molecule has 0 fully saturated rings. The number of amides is 1. The van der Waals surface area contributed by atoms with Crippen LogP contribution in [0.2, 0.25) is 0 Å². The number of nitrogens with one attached hydrogen (secondary N) is 1. The van der Waals surface area contributed by atoms with Crippen LogP contribution in [-0.4, -0.2) is 17.5 Å². The topological polar surface area (TPSA) is 51.2 Å². The summed E-state index contributed by atoms with van der Waals surface area (Å²) in [7, 11) is 0. The highest BCUT2D eigenvalue weighted by Crippen LogP contribution is 2.16. The van der Waals surface area contributed by atoms with E-state index in [0.29, 0.717) is 13.0 Å². The van der Waals surface area contributed by atoms with Crippen LogP contribution in [0.3, 0.4) is 0 Å². The summed E-state index contributed by atoms with van der Waals surface area (Å²) < 4.78 is 5.61. The van der Waals surface area contributed by atoms with Crippen molar-refractivity contribution in [3.05, 3.63) is 46.9 Å². The summed E-state index contributed by atoms with van der Waals surface area (Å²) in [6, 6.07) is 9.59. The average Bonchev–Trinajstić information content (AvgIpc) is 3.02. The summed E-state index contributed by atoms with van der Waals surface area (Å²) in [4.78, 5) is 16.3. The molecule has 2 aromatic rings.